The normalized spacial score (nSPS) is 27.7. The molecule has 1 aromatic rings. The molecule has 0 amide bonds. The lowest BCUT2D eigenvalue weighted by molar-refractivity contribution is -0.393. The van der Waals surface area contributed by atoms with Gasteiger partial charge in [0.05, 0.1) is 27.7 Å². The van der Waals surface area contributed by atoms with Crippen LogP contribution in [0.25, 0.3) is 0 Å². The van der Waals surface area contributed by atoms with Crippen molar-refractivity contribution in [1.29, 1.82) is 0 Å². The number of nitrogens with one attached hydrogen (secondary N) is 1. The minimum Gasteiger partial charge on any atom is -0.366 e. The summed E-state index contributed by atoms with van der Waals surface area (Å²) in [5.41, 5.74) is 2.64. The molecule has 0 aromatic heterocycles. The van der Waals surface area contributed by atoms with Crippen LogP contribution < -0.4 is 5.43 Å². The molecule has 2 atom stereocenters. The number of benzene rings is 1. The molecular weight excluding hydrogens is 316 g/mol. The highest BCUT2D eigenvalue weighted by Gasteiger charge is 2.46. The van der Waals surface area contributed by atoms with Gasteiger partial charge >= 0.3 is 5.69 Å². The molecule has 3 rings (SSSR count). The topological polar surface area (TPSA) is 120 Å². The highest BCUT2D eigenvalue weighted by molar-refractivity contribution is 5.95. The van der Waals surface area contributed by atoms with Gasteiger partial charge in [-0.25, -0.2) is 0 Å². The van der Waals surface area contributed by atoms with Crippen molar-refractivity contribution in [3.63, 3.8) is 0 Å². The van der Waals surface area contributed by atoms with Crippen LogP contribution in [0.3, 0.4) is 0 Å². The lowest BCUT2D eigenvalue weighted by Crippen LogP contribution is -2.34. The zero-order chi connectivity index (χ0) is 17.3. The van der Waals surface area contributed by atoms with E-state index in [1.807, 2.05) is 6.92 Å². The molecule has 0 bridgehead atoms. The van der Waals surface area contributed by atoms with Gasteiger partial charge in [-0.1, -0.05) is 0 Å². The predicted molar refractivity (Wildman–Crippen MR) is 87.2 cm³/mol. The van der Waals surface area contributed by atoms with Crippen LogP contribution in [0.4, 0.5) is 17.1 Å². The highest BCUT2D eigenvalue weighted by Crippen LogP contribution is 2.41. The van der Waals surface area contributed by atoms with Gasteiger partial charge in [0.1, 0.15) is 11.3 Å². The maximum atomic E-state index is 11.2. The van der Waals surface area contributed by atoms with Crippen molar-refractivity contribution >= 4 is 22.8 Å². The Hall–Kier alpha value is -2.55. The maximum absolute atomic E-state index is 11.2. The number of nitrogens with zero attached hydrogens (tertiary/aromatic N) is 3. The SMILES string of the molecule is C[C@H]1CC[C@]2(CCC/C2=N\Nc2ccc([N+](=O)[O-])cc2[N+](=O)[O-])O1. The fourth-order valence-corrected chi connectivity index (χ4v) is 3.41. The summed E-state index contributed by atoms with van der Waals surface area (Å²) >= 11 is 0. The van der Waals surface area contributed by atoms with Gasteiger partial charge in [0, 0.05) is 6.07 Å². The van der Waals surface area contributed by atoms with Gasteiger partial charge in [0.2, 0.25) is 0 Å². The monoisotopic (exact) mass is 334 g/mol. The summed E-state index contributed by atoms with van der Waals surface area (Å²) < 4.78 is 6.05. The second-order valence-electron chi connectivity index (χ2n) is 6.20. The zero-order valence-corrected chi connectivity index (χ0v) is 13.2. The number of hydrazone groups is 1. The van der Waals surface area contributed by atoms with Crippen LogP contribution in [0.2, 0.25) is 0 Å². The van der Waals surface area contributed by atoms with Crippen molar-refractivity contribution < 1.29 is 14.6 Å². The molecule has 1 saturated heterocycles. The van der Waals surface area contributed by atoms with Crippen molar-refractivity contribution in [3.05, 3.63) is 38.4 Å². The first kappa shape index (κ1) is 16.3. The molecule has 1 heterocycles. The smallest absolute Gasteiger partial charge is 0.301 e. The fraction of sp³-hybridized carbons (Fsp3) is 0.533. The molecule has 128 valence electrons. The van der Waals surface area contributed by atoms with Gasteiger partial charge in [0.25, 0.3) is 5.69 Å². The van der Waals surface area contributed by atoms with Gasteiger partial charge in [-0.3, -0.25) is 25.7 Å². The van der Waals surface area contributed by atoms with E-state index in [9.17, 15) is 20.2 Å². The van der Waals surface area contributed by atoms with Crippen LogP contribution in [0.1, 0.15) is 39.0 Å². The van der Waals surface area contributed by atoms with E-state index in [2.05, 4.69) is 10.5 Å². The summed E-state index contributed by atoms with van der Waals surface area (Å²) in [5.74, 6) is 0. The van der Waals surface area contributed by atoms with Gasteiger partial charge in [-0.05, 0) is 45.1 Å². The Balaban J connectivity index is 1.86. The standard InChI is InChI=1S/C15H18N4O5/c1-10-6-8-15(24-10)7-2-3-14(15)17-16-12-5-4-11(18(20)21)9-13(12)19(22)23/h4-5,9-10,16H,2-3,6-8H2,1H3/b17-14+/t10-,15-/m0/s1. The molecule has 0 unspecified atom stereocenters. The molecule has 24 heavy (non-hydrogen) atoms. The van der Waals surface area contributed by atoms with Crippen molar-refractivity contribution in [2.45, 2.75) is 50.7 Å². The molecule has 0 radical (unpaired) electrons. The van der Waals surface area contributed by atoms with Crippen LogP contribution in [0.5, 0.6) is 0 Å². The van der Waals surface area contributed by atoms with Crippen LogP contribution in [0, 0.1) is 20.2 Å². The molecule has 2 fully saturated rings. The summed E-state index contributed by atoms with van der Waals surface area (Å²) in [6.45, 7) is 2.03. The second kappa shape index (κ2) is 6.16. The quantitative estimate of drug-likeness (QED) is 0.665. The Bertz CT molecular complexity index is 720. The minimum absolute atomic E-state index is 0.131. The van der Waals surface area contributed by atoms with Crippen molar-refractivity contribution in [3.8, 4) is 0 Å². The van der Waals surface area contributed by atoms with E-state index < -0.39 is 9.85 Å². The van der Waals surface area contributed by atoms with Crippen molar-refractivity contribution in [1.82, 2.24) is 0 Å². The van der Waals surface area contributed by atoms with E-state index in [1.165, 1.54) is 12.1 Å². The number of nitro benzene ring substituents is 2. The number of hydrogen-bond acceptors (Lipinski definition) is 7. The average Bonchev–Trinajstić information content (AvgIpc) is 3.11. The molecule has 2 aliphatic rings. The summed E-state index contributed by atoms with van der Waals surface area (Å²) in [6.07, 6.45) is 4.70. The molecule has 1 aliphatic heterocycles. The molecule has 1 spiro atoms. The maximum Gasteiger partial charge on any atom is 0.301 e. The number of non-ortho nitro benzene ring substituents is 1. The van der Waals surface area contributed by atoms with Crippen LogP contribution in [-0.4, -0.2) is 27.3 Å². The summed E-state index contributed by atoms with van der Waals surface area (Å²) in [5, 5.41) is 26.3. The summed E-state index contributed by atoms with van der Waals surface area (Å²) in [4.78, 5) is 20.6. The molecule has 9 nitrogen and oxygen atoms in total. The largest absolute Gasteiger partial charge is 0.366 e. The molecule has 1 N–H and O–H groups in total. The number of anilines is 1. The Labute approximate surface area is 138 Å². The first-order valence-electron chi connectivity index (χ1n) is 7.85. The molecule has 1 aromatic carbocycles. The molecular formula is C15H18N4O5. The summed E-state index contributed by atoms with van der Waals surface area (Å²) in [6, 6.07) is 3.45. The van der Waals surface area contributed by atoms with Gasteiger partial charge in [0.15, 0.2) is 0 Å². The van der Waals surface area contributed by atoms with Gasteiger partial charge in [-0.2, -0.15) is 5.10 Å². The minimum atomic E-state index is -0.664. The van der Waals surface area contributed by atoms with Crippen LogP contribution >= 0.6 is 0 Å². The number of hydrogen-bond donors (Lipinski definition) is 1. The third-order valence-electron chi connectivity index (χ3n) is 4.60. The highest BCUT2D eigenvalue weighted by atomic mass is 16.6. The lowest BCUT2D eigenvalue weighted by Gasteiger charge is -2.24. The average molecular weight is 334 g/mol. The second-order valence-corrected chi connectivity index (χ2v) is 6.20. The lowest BCUT2D eigenvalue weighted by atomic mass is 9.96. The van der Waals surface area contributed by atoms with Crippen molar-refractivity contribution in [2.24, 2.45) is 5.10 Å². The fourth-order valence-electron chi connectivity index (χ4n) is 3.41. The van der Waals surface area contributed by atoms with Gasteiger partial charge < -0.3 is 4.74 Å². The van der Waals surface area contributed by atoms with E-state index in [-0.39, 0.29) is 28.8 Å². The first-order valence-corrected chi connectivity index (χ1v) is 7.85. The van der Waals surface area contributed by atoms with E-state index in [4.69, 9.17) is 4.74 Å². The van der Waals surface area contributed by atoms with Crippen molar-refractivity contribution in [2.75, 3.05) is 5.43 Å². The number of rotatable bonds is 4. The van der Waals surface area contributed by atoms with E-state index in [0.717, 1.165) is 43.9 Å². The third-order valence-corrected chi connectivity index (χ3v) is 4.60. The first-order chi connectivity index (χ1) is 11.4. The number of ether oxygens (including phenoxy) is 1. The summed E-state index contributed by atoms with van der Waals surface area (Å²) in [7, 11) is 0. The van der Waals surface area contributed by atoms with E-state index in [0.29, 0.717) is 0 Å². The predicted octanol–water partition coefficient (Wildman–Crippen LogP) is 3.39. The third kappa shape index (κ3) is 2.94. The van der Waals surface area contributed by atoms with E-state index in [1.54, 1.807) is 0 Å². The molecule has 1 saturated carbocycles. The Morgan fingerprint density at radius 2 is 2.08 bits per heavy atom. The Morgan fingerprint density at radius 1 is 1.29 bits per heavy atom. The number of nitro groups is 2. The Kier molecular flexibility index (Phi) is 4.18. The van der Waals surface area contributed by atoms with Crippen LogP contribution in [-0.2, 0) is 4.74 Å². The molecule has 9 heteroatoms. The van der Waals surface area contributed by atoms with Crippen LogP contribution in [0.15, 0.2) is 23.3 Å². The Morgan fingerprint density at radius 3 is 2.71 bits per heavy atom. The zero-order valence-electron chi connectivity index (χ0n) is 13.2. The van der Waals surface area contributed by atoms with E-state index >= 15 is 0 Å². The van der Waals surface area contributed by atoms with Gasteiger partial charge in [-0.15, -0.1) is 0 Å². The molecule has 1 aliphatic carbocycles.